The number of methoxy groups -OCH3 is 1. The summed E-state index contributed by atoms with van der Waals surface area (Å²) in [6, 6.07) is 18.9. The van der Waals surface area contributed by atoms with Crippen LogP contribution in [0.2, 0.25) is 0 Å². The van der Waals surface area contributed by atoms with Crippen LogP contribution in [0.25, 0.3) is 11.4 Å². The summed E-state index contributed by atoms with van der Waals surface area (Å²) in [5.41, 5.74) is 0.721. The number of halogens is 6. The average Bonchev–Trinajstić information content (AvgIpc) is 3.31. The Bertz CT molecular complexity index is 1440. The second kappa shape index (κ2) is 13.8. The number of hydrogen-bond donors (Lipinski definition) is 0. The van der Waals surface area contributed by atoms with Crippen molar-refractivity contribution in [1.29, 1.82) is 0 Å². The first-order valence-corrected chi connectivity index (χ1v) is 13.4. The summed E-state index contributed by atoms with van der Waals surface area (Å²) in [6.45, 7) is -0.645. The van der Waals surface area contributed by atoms with E-state index in [1.54, 1.807) is 58.0 Å². The second-order valence-electron chi connectivity index (χ2n) is 9.74. The van der Waals surface area contributed by atoms with Crippen LogP contribution in [-0.2, 0) is 32.4 Å². The highest BCUT2D eigenvalue weighted by molar-refractivity contribution is 5.57. The van der Waals surface area contributed by atoms with Gasteiger partial charge in [0, 0.05) is 31.7 Å². The van der Waals surface area contributed by atoms with Crippen LogP contribution in [0.4, 0.5) is 26.3 Å². The summed E-state index contributed by atoms with van der Waals surface area (Å²) in [4.78, 5) is 5.82. The van der Waals surface area contributed by atoms with Gasteiger partial charge in [-0.2, -0.15) is 22.0 Å². The number of alkyl halides is 5. The van der Waals surface area contributed by atoms with Crippen molar-refractivity contribution < 1.29 is 35.8 Å². The van der Waals surface area contributed by atoms with Crippen LogP contribution in [-0.4, -0.2) is 28.2 Å². The van der Waals surface area contributed by atoms with Gasteiger partial charge in [0.15, 0.2) is 17.3 Å². The molecule has 0 bridgehead atoms. The van der Waals surface area contributed by atoms with E-state index < -0.39 is 24.3 Å². The topological polar surface area (TPSA) is 39.5 Å². The van der Waals surface area contributed by atoms with Crippen molar-refractivity contribution in [3.63, 3.8) is 0 Å². The van der Waals surface area contributed by atoms with Crippen molar-refractivity contribution in [2.24, 2.45) is 0 Å². The van der Waals surface area contributed by atoms with Crippen molar-refractivity contribution in [3.8, 4) is 22.9 Å². The van der Waals surface area contributed by atoms with E-state index in [4.69, 9.17) is 4.74 Å². The summed E-state index contributed by atoms with van der Waals surface area (Å²) in [5, 5.41) is 0. The van der Waals surface area contributed by atoms with Crippen LogP contribution in [0, 0.1) is 5.82 Å². The molecule has 0 atom stereocenters. The molecule has 0 fully saturated rings. The summed E-state index contributed by atoms with van der Waals surface area (Å²) >= 11 is 0. The van der Waals surface area contributed by atoms with Gasteiger partial charge in [-0.05, 0) is 41.8 Å². The zero-order valence-corrected chi connectivity index (χ0v) is 23.2. The molecule has 224 valence electrons. The highest BCUT2D eigenvalue weighted by Gasteiger charge is 2.39. The van der Waals surface area contributed by atoms with E-state index in [-0.39, 0.29) is 42.7 Å². The van der Waals surface area contributed by atoms with E-state index in [1.165, 1.54) is 31.4 Å². The van der Waals surface area contributed by atoms with Gasteiger partial charge in [0.1, 0.15) is 11.6 Å². The molecule has 0 aliphatic heterocycles. The molecule has 0 N–H and O–H groups in total. The van der Waals surface area contributed by atoms with Gasteiger partial charge in [-0.15, -0.1) is 0 Å². The van der Waals surface area contributed by atoms with E-state index in [0.29, 0.717) is 29.7 Å². The maximum Gasteiger partial charge on any atom is 0.435 e. The smallest absolute Gasteiger partial charge is 0.435 e. The summed E-state index contributed by atoms with van der Waals surface area (Å²) < 4.78 is 94.1. The third-order valence-electron chi connectivity index (χ3n) is 6.66. The predicted molar refractivity (Wildman–Crippen MR) is 147 cm³/mol. The number of imidazole rings is 1. The van der Waals surface area contributed by atoms with Crippen molar-refractivity contribution in [1.82, 2.24) is 14.5 Å². The van der Waals surface area contributed by atoms with Crippen molar-refractivity contribution >= 4 is 0 Å². The van der Waals surface area contributed by atoms with Crippen molar-refractivity contribution in [3.05, 3.63) is 101 Å². The number of unbranched alkanes of at least 4 members (excludes halogenated alkanes) is 1. The van der Waals surface area contributed by atoms with Gasteiger partial charge in [-0.3, -0.25) is 4.90 Å². The lowest BCUT2D eigenvalue weighted by Crippen LogP contribution is -2.26. The first-order chi connectivity index (χ1) is 20.1. The summed E-state index contributed by atoms with van der Waals surface area (Å²) in [7, 11) is 1.34. The molecule has 0 saturated heterocycles. The molecule has 5 nitrogen and oxygen atoms in total. The highest BCUT2D eigenvalue weighted by atomic mass is 19.4. The Hall–Kier alpha value is -3.99. The Morgan fingerprint density at radius 3 is 2.17 bits per heavy atom. The van der Waals surface area contributed by atoms with E-state index in [1.807, 2.05) is 6.92 Å². The van der Waals surface area contributed by atoms with E-state index in [9.17, 15) is 26.3 Å². The van der Waals surface area contributed by atoms with E-state index in [0.717, 1.165) is 6.42 Å². The molecule has 1 aromatic heterocycles. The van der Waals surface area contributed by atoms with Crippen LogP contribution in [0.3, 0.4) is 0 Å². The number of nitrogens with zero attached hydrogens (tertiary/aromatic N) is 3. The Balaban J connectivity index is 1.77. The standard InChI is InChI=1S/C31H31F6N3O2/c1-3-4-16-40-26(28(31(35,36)37)38-29(40)23-8-6-5-7-9-23)20-39(19-22-12-15-27(41-2)25(32)17-22)18-21-10-13-24(14-11-21)42-30(33)34/h5-15,17,30H,3-4,16,18-20H2,1-2H3. The largest absolute Gasteiger partial charge is 0.494 e. The molecule has 0 unspecified atom stereocenters. The third-order valence-corrected chi connectivity index (χ3v) is 6.66. The van der Waals surface area contributed by atoms with Crippen LogP contribution in [0.5, 0.6) is 11.5 Å². The maximum absolute atomic E-state index is 14.5. The molecule has 0 amide bonds. The lowest BCUT2D eigenvalue weighted by Gasteiger charge is -2.25. The zero-order valence-electron chi connectivity index (χ0n) is 23.2. The Morgan fingerprint density at radius 2 is 1.57 bits per heavy atom. The zero-order chi connectivity index (χ0) is 30.3. The first-order valence-electron chi connectivity index (χ1n) is 13.4. The lowest BCUT2D eigenvalue weighted by molar-refractivity contribution is -0.141. The van der Waals surface area contributed by atoms with E-state index in [2.05, 4.69) is 9.72 Å². The molecule has 4 aromatic rings. The van der Waals surface area contributed by atoms with Crippen LogP contribution in [0.1, 0.15) is 42.3 Å². The second-order valence-corrected chi connectivity index (χ2v) is 9.74. The van der Waals surface area contributed by atoms with Crippen molar-refractivity contribution in [2.45, 2.75) is 58.7 Å². The quantitative estimate of drug-likeness (QED) is 0.147. The molecular formula is C31H31F6N3O2. The minimum absolute atomic E-state index is 0.0126. The lowest BCUT2D eigenvalue weighted by atomic mass is 10.1. The molecule has 0 aliphatic carbocycles. The Morgan fingerprint density at radius 1 is 0.905 bits per heavy atom. The highest BCUT2D eigenvalue weighted by Crippen LogP contribution is 2.36. The van der Waals surface area contributed by atoms with Gasteiger partial charge in [0.05, 0.1) is 12.8 Å². The Labute approximate surface area is 240 Å². The van der Waals surface area contributed by atoms with E-state index >= 15 is 0 Å². The van der Waals surface area contributed by atoms with Gasteiger partial charge in [0.25, 0.3) is 0 Å². The third kappa shape index (κ3) is 7.84. The minimum Gasteiger partial charge on any atom is -0.494 e. The van der Waals surface area contributed by atoms with Gasteiger partial charge in [0.2, 0.25) is 0 Å². The molecule has 3 aromatic carbocycles. The fraction of sp³-hybridized carbons (Fsp3) is 0.323. The van der Waals surface area contributed by atoms with Gasteiger partial charge in [-0.1, -0.05) is 61.9 Å². The Kier molecular flexibility index (Phi) is 10.2. The first kappa shape index (κ1) is 31.0. The molecule has 0 spiro atoms. The SMILES string of the molecule is CCCCn1c(-c2ccccc2)nc(C(F)(F)F)c1CN(Cc1ccc(OC(F)F)cc1)Cc1ccc(OC)c(F)c1. The van der Waals surface area contributed by atoms with Gasteiger partial charge >= 0.3 is 12.8 Å². The molecule has 0 aliphatic rings. The number of hydrogen-bond acceptors (Lipinski definition) is 4. The molecular weight excluding hydrogens is 560 g/mol. The number of ether oxygens (including phenoxy) is 2. The fourth-order valence-electron chi connectivity index (χ4n) is 4.72. The van der Waals surface area contributed by atoms with Crippen molar-refractivity contribution in [2.75, 3.05) is 7.11 Å². The summed E-state index contributed by atoms with van der Waals surface area (Å²) in [5.74, 6) is -0.374. The normalized spacial score (nSPS) is 11.9. The molecule has 42 heavy (non-hydrogen) atoms. The molecule has 0 saturated carbocycles. The molecule has 11 heteroatoms. The predicted octanol–water partition coefficient (Wildman–Crippen LogP) is 8.32. The van der Waals surface area contributed by atoms with Gasteiger partial charge < -0.3 is 14.0 Å². The van der Waals surface area contributed by atoms with Crippen LogP contribution >= 0.6 is 0 Å². The molecule has 4 rings (SSSR count). The number of aromatic nitrogens is 2. The van der Waals surface area contributed by atoms with Gasteiger partial charge in [-0.25, -0.2) is 9.37 Å². The average molecular weight is 592 g/mol. The number of rotatable bonds is 13. The maximum atomic E-state index is 14.5. The van der Waals surface area contributed by atoms with Crippen LogP contribution < -0.4 is 9.47 Å². The number of benzene rings is 3. The molecule has 0 radical (unpaired) electrons. The fourth-order valence-corrected chi connectivity index (χ4v) is 4.72. The summed E-state index contributed by atoms with van der Waals surface area (Å²) in [6.07, 6.45) is -3.33. The molecule has 1 heterocycles. The van der Waals surface area contributed by atoms with Crippen LogP contribution in [0.15, 0.2) is 72.8 Å². The minimum atomic E-state index is -4.72. The monoisotopic (exact) mass is 591 g/mol.